The molecular formula is C23H28N2O3. The minimum Gasteiger partial charge on any atom is -0.496 e. The zero-order valence-electron chi connectivity index (χ0n) is 16.9. The van der Waals surface area contributed by atoms with Crippen molar-refractivity contribution < 1.29 is 14.3 Å². The summed E-state index contributed by atoms with van der Waals surface area (Å²) in [5.74, 6) is 0.640. The zero-order valence-corrected chi connectivity index (χ0v) is 16.9. The van der Waals surface area contributed by atoms with Gasteiger partial charge in [0.25, 0.3) is 5.91 Å². The Hall–Kier alpha value is -2.82. The molecule has 1 heterocycles. The van der Waals surface area contributed by atoms with Gasteiger partial charge >= 0.3 is 0 Å². The molecule has 0 radical (unpaired) electrons. The number of para-hydroxylation sites is 1. The van der Waals surface area contributed by atoms with Crippen LogP contribution >= 0.6 is 0 Å². The Morgan fingerprint density at radius 3 is 2.25 bits per heavy atom. The Kier molecular flexibility index (Phi) is 6.02. The summed E-state index contributed by atoms with van der Waals surface area (Å²) in [5, 5.41) is 0. The third-order valence-corrected chi connectivity index (χ3v) is 5.78. The van der Waals surface area contributed by atoms with Crippen molar-refractivity contribution in [2.45, 2.75) is 25.2 Å². The van der Waals surface area contributed by atoms with E-state index in [4.69, 9.17) is 4.74 Å². The summed E-state index contributed by atoms with van der Waals surface area (Å²) < 4.78 is 5.37. The second-order valence-corrected chi connectivity index (χ2v) is 7.51. The van der Waals surface area contributed by atoms with Crippen molar-refractivity contribution in [3.8, 4) is 5.75 Å². The third kappa shape index (κ3) is 4.03. The molecule has 2 aromatic carbocycles. The summed E-state index contributed by atoms with van der Waals surface area (Å²) in [5.41, 5.74) is 1.62. The van der Waals surface area contributed by atoms with Gasteiger partial charge < -0.3 is 14.5 Å². The van der Waals surface area contributed by atoms with Crippen molar-refractivity contribution in [2.24, 2.45) is 0 Å². The van der Waals surface area contributed by atoms with Gasteiger partial charge in [0.1, 0.15) is 5.75 Å². The van der Waals surface area contributed by atoms with Gasteiger partial charge in [-0.2, -0.15) is 0 Å². The van der Waals surface area contributed by atoms with Crippen LogP contribution < -0.4 is 4.74 Å². The lowest BCUT2D eigenvalue weighted by Crippen LogP contribution is -2.50. The number of hydrogen-bond acceptors (Lipinski definition) is 3. The monoisotopic (exact) mass is 380 g/mol. The van der Waals surface area contributed by atoms with E-state index in [0.717, 1.165) is 12.8 Å². The van der Waals surface area contributed by atoms with Crippen molar-refractivity contribution >= 4 is 11.8 Å². The van der Waals surface area contributed by atoms with Gasteiger partial charge in [-0.05, 0) is 30.5 Å². The van der Waals surface area contributed by atoms with E-state index in [9.17, 15) is 9.59 Å². The number of likely N-dealkylation sites (N-methyl/N-ethyl adjacent to an activating group) is 1. The van der Waals surface area contributed by atoms with Crippen molar-refractivity contribution in [1.29, 1.82) is 0 Å². The van der Waals surface area contributed by atoms with Gasteiger partial charge in [0.15, 0.2) is 0 Å². The summed E-state index contributed by atoms with van der Waals surface area (Å²) in [6, 6.07) is 17.7. The Bertz CT molecular complexity index is 827. The molecule has 0 atom stereocenters. The molecule has 2 amide bonds. The molecule has 148 valence electrons. The molecule has 1 fully saturated rings. The second kappa shape index (κ2) is 8.46. The minimum atomic E-state index is -0.167. The largest absolute Gasteiger partial charge is 0.496 e. The van der Waals surface area contributed by atoms with E-state index in [0.29, 0.717) is 30.9 Å². The van der Waals surface area contributed by atoms with Crippen LogP contribution in [0.25, 0.3) is 0 Å². The molecule has 0 N–H and O–H groups in total. The van der Waals surface area contributed by atoms with E-state index in [2.05, 4.69) is 12.1 Å². The first kappa shape index (κ1) is 19.9. The molecule has 0 aliphatic carbocycles. The van der Waals surface area contributed by atoms with Gasteiger partial charge in [-0.15, -0.1) is 0 Å². The Morgan fingerprint density at radius 2 is 1.64 bits per heavy atom. The smallest absolute Gasteiger partial charge is 0.257 e. The summed E-state index contributed by atoms with van der Waals surface area (Å²) in [6.07, 6.45) is 1.67. The minimum absolute atomic E-state index is 0.0539. The summed E-state index contributed by atoms with van der Waals surface area (Å²) in [7, 11) is 3.42. The fourth-order valence-electron chi connectivity index (χ4n) is 4.13. The molecule has 0 spiro atoms. The van der Waals surface area contributed by atoms with Crippen LogP contribution in [0.5, 0.6) is 5.75 Å². The number of nitrogens with zero attached hydrogens (tertiary/aromatic N) is 2. The average Bonchev–Trinajstić information content (AvgIpc) is 2.74. The first-order chi connectivity index (χ1) is 13.5. The number of rotatable bonds is 5. The van der Waals surface area contributed by atoms with E-state index >= 15 is 0 Å². The number of carbonyl (C=O) groups is 2. The molecule has 0 aromatic heterocycles. The van der Waals surface area contributed by atoms with E-state index < -0.39 is 0 Å². The average molecular weight is 380 g/mol. The molecule has 1 aliphatic rings. The highest BCUT2D eigenvalue weighted by atomic mass is 16.5. The maximum absolute atomic E-state index is 13.1. The summed E-state index contributed by atoms with van der Waals surface area (Å²) in [6.45, 7) is 3.63. The van der Waals surface area contributed by atoms with E-state index in [-0.39, 0.29) is 17.2 Å². The first-order valence-electron chi connectivity index (χ1n) is 9.66. The molecule has 5 nitrogen and oxygen atoms in total. The fourth-order valence-corrected chi connectivity index (χ4v) is 4.13. The third-order valence-electron chi connectivity index (χ3n) is 5.78. The van der Waals surface area contributed by atoms with Crippen molar-refractivity contribution in [3.63, 3.8) is 0 Å². The van der Waals surface area contributed by atoms with Crippen LogP contribution in [0, 0.1) is 0 Å². The molecule has 2 aromatic rings. The number of ether oxygens (including phenoxy) is 1. The van der Waals surface area contributed by atoms with Gasteiger partial charge in [0.2, 0.25) is 5.91 Å². The van der Waals surface area contributed by atoms with Gasteiger partial charge in [-0.1, -0.05) is 42.5 Å². The molecule has 28 heavy (non-hydrogen) atoms. The van der Waals surface area contributed by atoms with Crippen molar-refractivity contribution in [2.75, 3.05) is 33.8 Å². The van der Waals surface area contributed by atoms with E-state index in [1.165, 1.54) is 5.56 Å². The Morgan fingerprint density at radius 1 is 1.04 bits per heavy atom. The molecule has 0 saturated carbocycles. The summed E-state index contributed by atoms with van der Waals surface area (Å²) >= 11 is 0. The normalized spacial score (nSPS) is 15.8. The van der Waals surface area contributed by atoms with Gasteiger partial charge in [-0.25, -0.2) is 0 Å². The Labute approximate surface area is 166 Å². The van der Waals surface area contributed by atoms with Crippen LogP contribution in [0.3, 0.4) is 0 Å². The Balaban J connectivity index is 1.86. The quantitative estimate of drug-likeness (QED) is 0.799. The SMILES string of the molecule is COc1ccccc1C(=O)N(C)CC1(c2ccccc2)CCN(C(C)=O)CC1. The van der Waals surface area contributed by atoms with Gasteiger partial charge in [-0.3, -0.25) is 9.59 Å². The van der Waals surface area contributed by atoms with E-state index in [1.807, 2.05) is 42.3 Å². The second-order valence-electron chi connectivity index (χ2n) is 7.51. The number of benzene rings is 2. The van der Waals surface area contributed by atoms with Crippen LogP contribution in [0.1, 0.15) is 35.7 Å². The van der Waals surface area contributed by atoms with Crippen LogP contribution in [-0.4, -0.2) is 55.4 Å². The van der Waals surface area contributed by atoms with Crippen LogP contribution in [0.4, 0.5) is 0 Å². The lowest BCUT2D eigenvalue weighted by Gasteiger charge is -2.44. The summed E-state index contributed by atoms with van der Waals surface area (Å²) in [4.78, 5) is 28.6. The molecule has 3 rings (SSSR count). The lowest BCUT2D eigenvalue weighted by atomic mass is 9.72. The van der Waals surface area contributed by atoms with Crippen molar-refractivity contribution in [1.82, 2.24) is 9.80 Å². The fraction of sp³-hybridized carbons (Fsp3) is 0.391. The maximum Gasteiger partial charge on any atom is 0.257 e. The highest BCUT2D eigenvalue weighted by Gasteiger charge is 2.38. The topological polar surface area (TPSA) is 49.9 Å². The first-order valence-corrected chi connectivity index (χ1v) is 9.66. The van der Waals surface area contributed by atoms with E-state index in [1.54, 1.807) is 31.1 Å². The molecule has 0 bridgehead atoms. The molecule has 0 unspecified atom stereocenters. The predicted molar refractivity (Wildman–Crippen MR) is 110 cm³/mol. The number of piperidine rings is 1. The highest BCUT2D eigenvalue weighted by molar-refractivity contribution is 5.96. The van der Waals surface area contributed by atoms with Crippen LogP contribution in [0.2, 0.25) is 0 Å². The maximum atomic E-state index is 13.1. The van der Waals surface area contributed by atoms with Gasteiger partial charge in [0, 0.05) is 39.0 Å². The number of carbonyl (C=O) groups excluding carboxylic acids is 2. The standard InChI is InChI=1S/C23H28N2O3/c1-18(26)25-15-13-23(14-16-25,19-9-5-4-6-10-19)17-24(2)22(27)20-11-7-8-12-21(20)28-3/h4-12H,13-17H2,1-3H3. The lowest BCUT2D eigenvalue weighted by molar-refractivity contribution is -0.130. The molecular weight excluding hydrogens is 352 g/mol. The van der Waals surface area contributed by atoms with Crippen molar-refractivity contribution in [3.05, 3.63) is 65.7 Å². The number of methoxy groups -OCH3 is 1. The molecule has 1 saturated heterocycles. The van der Waals surface area contributed by atoms with Crippen LogP contribution in [0.15, 0.2) is 54.6 Å². The van der Waals surface area contributed by atoms with Gasteiger partial charge in [0.05, 0.1) is 12.7 Å². The van der Waals surface area contributed by atoms with Crippen LogP contribution in [-0.2, 0) is 10.2 Å². The highest BCUT2D eigenvalue weighted by Crippen LogP contribution is 2.37. The number of likely N-dealkylation sites (tertiary alicyclic amines) is 1. The molecule has 1 aliphatic heterocycles. The number of hydrogen-bond donors (Lipinski definition) is 0. The number of amides is 2. The predicted octanol–water partition coefficient (Wildman–Crippen LogP) is 3.35. The zero-order chi connectivity index (χ0) is 20.1. The molecule has 5 heteroatoms.